The largest absolute Gasteiger partial charge is 1.00 e. The van der Waals surface area contributed by atoms with Gasteiger partial charge in [0, 0.05) is 0 Å². The molecule has 4 nitrogen and oxygen atoms in total. The Hall–Kier alpha value is 0.771. The molecule has 0 unspecified atom stereocenters. The van der Waals surface area contributed by atoms with E-state index in [1.54, 1.807) is 0 Å². The summed E-state index contributed by atoms with van der Waals surface area (Å²) < 4.78 is 7.75. The second kappa shape index (κ2) is 15.9. The third-order valence-corrected chi connectivity index (χ3v) is 0. The van der Waals surface area contributed by atoms with Crippen molar-refractivity contribution in [2.45, 2.75) is 0 Å². The van der Waals surface area contributed by atoms with Crippen molar-refractivity contribution >= 4 is 13.9 Å². The summed E-state index contributed by atoms with van der Waals surface area (Å²) in [6.07, 6.45) is -1.83. The summed E-state index contributed by atoms with van der Waals surface area (Å²) >= 11 is 0. The van der Waals surface area contributed by atoms with Crippen molar-refractivity contribution in [3.63, 3.8) is 0 Å². The third-order valence-electron chi connectivity index (χ3n) is 0. The van der Waals surface area contributed by atoms with Gasteiger partial charge >= 0.3 is 70.0 Å². The summed E-state index contributed by atoms with van der Waals surface area (Å²) in [6, 6.07) is 0. The number of rotatable bonds is 0. The molecule has 0 spiro atoms. The molecule has 0 aliphatic heterocycles. The van der Waals surface area contributed by atoms with Crippen LogP contribution in [-0.2, 0) is 4.70 Å². The van der Waals surface area contributed by atoms with Gasteiger partial charge in [0.2, 0.25) is 0 Å². The number of carboxylic acid groups (broad SMARTS) is 2. The van der Waals surface area contributed by atoms with Crippen molar-refractivity contribution < 1.29 is 72.5 Å². The van der Waals surface area contributed by atoms with Gasteiger partial charge in [0.15, 0.2) is 0 Å². The minimum absolute atomic E-state index is 0. The van der Waals surface area contributed by atoms with E-state index in [9.17, 15) is 0 Å². The Bertz CT molecular complexity index is 47.3. The minimum Gasteiger partial charge on any atom is -1.00 e. The Morgan fingerprint density at radius 1 is 1.43 bits per heavy atom. The van der Waals surface area contributed by atoms with Crippen molar-refractivity contribution in [2.24, 2.45) is 0 Å². The summed E-state index contributed by atoms with van der Waals surface area (Å²) in [7, 11) is 3.25. The van der Waals surface area contributed by atoms with Crippen molar-refractivity contribution in [3.8, 4) is 0 Å². The van der Waals surface area contributed by atoms with E-state index in [1.165, 1.54) is 0 Å². The van der Waals surface area contributed by atoms with E-state index < -0.39 is 6.16 Å². The zero-order valence-electron chi connectivity index (χ0n) is 4.79. The topological polar surface area (TPSA) is 74.6 Å². The SMILES string of the molecule is O=C(O)O.[B]=O.[H-].[K+]. The molecule has 7 heavy (non-hydrogen) atoms. The Balaban J connectivity index is -0.0000000183. The van der Waals surface area contributed by atoms with Gasteiger partial charge in [-0.05, 0) is 0 Å². The van der Waals surface area contributed by atoms with Crippen LogP contribution >= 0.6 is 0 Å². The molecule has 0 saturated carbocycles. The fourth-order valence-corrected chi connectivity index (χ4v) is 0. The van der Waals surface area contributed by atoms with Gasteiger partial charge in [-0.15, -0.1) is 0 Å². The van der Waals surface area contributed by atoms with Gasteiger partial charge in [0.25, 0.3) is 0 Å². The molecule has 0 aromatic rings. The molecule has 0 saturated heterocycles. The number of hydrogen-bond donors (Lipinski definition) is 2. The number of hydrogen-bond acceptors (Lipinski definition) is 2. The van der Waals surface area contributed by atoms with Gasteiger partial charge in [-0.25, -0.2) is 4.79 Å². The van der Waals surface area contributed by atoms with Gasteiger partial charge in [0.05, 0.1) is 0 Å². The minimum atomic E-state index is -1.83. The van der Waals surface area contributed by atoms with E-state index in [0.717, 1.165) is 0 Å². The predicted molar refractivity (Wildman–Crippen MR) is 18.2 cm³/mol. The Labute approximate surface area is 85.2 Å². The smallest absolute Gasteiger partial charge is 1.00 e. The van der Waals surface area contributed by atoms with Crippen LogP contribution in [0.4, 0.5) is 4.79 Å². The first-order valence-corrected chi connectivity index (χ1v) is 0.887. The first-order valence-electron chi connectivity index (χ1n) is 0.887. The molecular formula is CH3BKO4. The van der Waals surface area contributed by atoms with Crippen LogP contribution in [0.1, 0.15) is 1.43 Å². The Morgan fingerprint density at radius 3 is 1.43 bits per heavy atom. The second-order valence-electron chi connectivity index (χ2n) is 0.283. The van der Waals surface area contributed by atoms with Crippen molar-refractivity contribution in [2.75, 3.05) is 0 Å². The molecule has 0 aliphatic rings. The quantitative estimate of drug-likeness (QED) is 0.338. The number of carbonyl (C=O) groups is 1. The van der Waals surface area contributed by atoms with Crippen LogP contribution in [0.25, 0.3) is 0 Å². The van der Waals surface area contributed by atoms with Gasteiger partial charge in [-0.2, -0.15) is 0 Å². The summed E-state index contributed by atoms with van der Waals surface area (Å²) in [6.45, 7) is 0. The molecule has 6 heteroatoms. The summed E-state index contributed by atoms with van der Waals surface area (Å²) in [5.74, 6) is 0. The normalized spacial score (nSPS) is 3.86. The Kier molecular flexibility index (Phi) is 35.5. The standard InChI is InChI=1S/CH2O3.BO.K.H/c2-1(3)4;1-2;;/h(H2,2,3,4);;;/q;;+1;-1. The van der Waals surface area contributed by atoms with E-state index >= 15 is 0 Å². The van der Waals surface area contributed by atoms with E-state index in [0.29, 0.717) is 0 Å². The van der Waals surface area contributed by atoms with Crippen LogP contribution in [0, 0.1) is 0 Å². The van der Waals surface area contributed by atoms with Crippen LogP contribution in [0.5, 0.6) is 0 Å². The van der Waals surface area contributed by atoms with Crippen molar-refractivity contribution in [1.29, 1.82) is 0 Å². The first kappa shape index (κ1) is 15.7. The second-order valence-corrected chi connectivity index (χ2v) is 0.283. The maximum absolute atomic E-state index is 8.56. The molecule has 0 aliphatic carbocycles. The molecule has 1 radical (unpaired) electrons. The van der Waals surface area contributed by atoms with Crippen molar-refractivity contribution in [1.82, 2.24) is 0 Å². The maximum atomic E-state index is 8.56. The Morgan fingerprint density at radius 2 is 1.43 bits per heavy atom. The maximum Gasteiger partial charge on any atom is 1.00 e. The molecular weight excluding hydrogens is 126 g/mol. The predicted octanol–water partition coefficient (Wildman–Crippen LogP) is -3.16. The van der Waals surface area contributed by atoms with E-state index in [-0.39, 0.29) is 52.8 Å². The fourth-order valence-electron chi connectivity index (χ4n) is 0. The third kappa shape index (κ3) is 259. The zero-order valence-corrected chi connectivity index (χ0v) is 6.91. The summed E-state index contributed by atoms with van der Waals surface area (Å²) in [5.41, 5.74) is 0. The zero-order chi connectivity index (χ0) is 5.58. The molecule has 0 heterocycles. The van der Waals surface area contributed by atoms with Crippen LogP contribution in [0.3, 0.4) is 0 Å². The van der Waals surface area contributed by atoms with E-state index in [2.05, 4.69) is 7.72 Å². The molecule has 0 fully saturated rings. The molecule has 0 rings (SSSR count). The van der Waals surface area contributed by atoms with Crippen molar-refractivity contribution in [3.05, 3.63) is 0 Å². The fraction of sp³-hybridized carbons (Fsp3) is 0. The molecule has 0 aromatic heterocycles. The summed E-state index contributed by atoms with van der Waals surface area (Å²) in [4.78, 5) is 8.56. The van der Waals surface area contributed by atoms with Gasteiger partial charge in [-0.3, -0.25) is 0 Å². The molecule has 35 valence electrons. The molecule has 0 amide bonds. The average Bonchev–Trinajstić information content (AvgIpc) is 1.41. The molecule has 0 aromatic carbocycles. The van der Waals surface area contributed by atoms with Gasteiger partial charge in [-0.1, -0.05) is 0 Å². The molecule has 2 N–H and O–H groups in total. The van der Waals surface area contributed by atoms with Gasteiger partial charge in [0.1, 0.15) is 0 Å². The van der Waals surface area contributed by atoms with Gasteiger partial charge < -0.3 is 11.6 Å². The van der Waals surface area contributed by atoms with E-state index in [1.807, 2.05) is 0 Å². The average molecular weight is 129 g/mol. The molecule has 0 bridgehead atoms. The van der Waals surface area contributed by atoms with E-state index in [4.69, 9.17) is 19.7 Å². The van der Waals surface area contributed by atoms with Crippen LogP contribution < -0.4 is 51.4 Å². The molecule has 0 atom stereocenters. The van der Waals surface area contributed by atoms with Crippen LogP contribution in [0.2, 0.25) is 0 Å². The first-order chi connectivity index (χ1) is 2.73. The summed E-state index contributed by atoms with van der Waals surface area (Å²) in [5, 5.41) is 13.9. The van der Waals surface area contributed by atoms with Crippen LogP contribution in [0.15, 0.2) is 0 Å². The van der Waals surface area contributed by atoms with Crippen LogP contribution in [-0.4, -0.2) is 24.1 Å². The monoisotopic (exact) mass is 129 g/mol.